The third-order valence-corrected chi connectivity index (χ3v) is 3.16. The molecular formula is C12H21BrN4. The molecule has 0 radical (unpaired) electrons. The van der Waals surface area contributed by atoms with Gasteiger partial charge in [-0.2, -0.15) is 0 Å². The minimum absolute atomic E-state index is 0.683. The van der Waals surface area contributed by atoms with E-state index in [4.69, 9.17) is 5.73 Å². The van der Waals surface area contributed by atoms with E-state index in [2.05, 4.69) is 45.0 Å². The van der Waals surface area contributed by atoms with Crippen molar-refractivity contribution >= 4 is 27.4 Å². The summed E-state index contributed by atoms with van der Waals surface area (Å²) in [6, 6.07) is 1.86. The van der Waals surface area contributed by atoms with Gasteiger partial charge < -0.3 is 16.0 Å². The zero-order chi connectivity index (χ0) is 12.7. The number of hydrogen-bond acceptors (Lipinski definition) is 4. The lowest BCUT2D eigenvalue weighted by atomic mass is 10.3. The SMILES string of the molecule is CCN(CC)CCCNc1ncc(Br)cc1N. The summed E-state index contributed by atoms with van der Waals surface area (Å²) < 4.78 is 0.906. The number of halogens is 1. The zero-order valence-electron chi connectivity index (χ0n) is 10.5. The monoisotopic (exact) mass is 300 g/mol. The maximum atomic E-state index is 5.85. The van der Waals surface area contributed by atoms with Crippen molar-refractivity contribution in [1.82, 2.24) is 9.88 Å². The molecule has 1 aromatic rings. The number of nitrogens with one attached hydrogen (secondary N) is 1. The fourth-order valence-corrected chi connectivity index (χ4v) is 2.00. The first-order valence-corrected chi connectivity index (χ1v) is 6.83. The van der Waals surface area contributed by atoms with Crippen molar-refractivity contribution in [3.05, 3.63) is 16.7 Å². The Hall–Kier alpha value is -0.810. The van der Waals surface area contributed by atoms with E-state index < -0.39 is 0 Å². The van der Waals surface area contributed by atoms with E-state index in [1.54, 1.807) is 6.20 Å². The number of anilines is 2. The lowest BCUT2D eigenvalue weighted by Gasteiger charge is -2.18. The van der Waals surface area contributed by atoms with Crippen molar-refractivity contribution in [2.24, 2.45) is 0 Å². The van der Waals surface area contributed by atoms with Gasteiger partial charge in [0.25, 0.3) is 0 Å². The molecule has 3 N–H and O–H groups in total. The third kappa shape index (κ3) is 4.91. The number of hydrogen-bond donors (Lipinski definition) is 2. The van der Waals surface area contributed by atoms with Gasteiger partial charge in [-0.05, 0) is 48.1 Å². The van der Waals surface area contributed by atoms with Gasteiger partial charge in [0.1, 0.15) is 5.82 Å². The molecule has 5 heteroatoms. The summed E-state index contributed by atoms with van der Waals surface area (Å²) in [5, 5.41) is 3.26. The number of aromatic nitrogens is 1. The number of nitrogen functional groups attached to an aromatic ring is 1. The normalized spacial score (nSPS) is 10.8. The van der Waals surface area contributed by atoms with Gasteiger partial charge >= 0.3 is 0 Å². The van der Waals surface area contributed by atoms with Gasteiger partial charge in [0.2, 0.25) is 0 Å². The fourth-order valence-electron chi connectivity index (χ4n) is 1.65. The van der Waals surface area contributed by atoms with Crippen LogP contribution in [-0.2, 0) is 0 Å². The molecule has 17 heavy (non-hydrogen) atoms. The molecule has 0 bridgehead atoms. The first-order valence-electron chi connectivity index (χ1n) is 6.04. The van der Waals surface area contributed by atoms with Crippen LogP contribution in [-0.4, -0.2) is 36.1 Å². The fraction of sp³-hybridized carbons (Fsp3) is 0.583. The smallest absolute Gasteiger partial charge is 0.149 e. The Morgan fingerprint density at radius 3 is 2.71 bits per heavy atom. The highest BCUT2D eigenvalue weighted by Crippen LogP contribution is 2.19. The van der Waals surface area contributed by atoms with Gasteiger partial charge in [-0.15, -0.1) is 0 Å². The number of nitrogens with zero attached hydrogens (tertiary/aromatic N) is 2. The van der Waals surface area contributed by atoms with Crippen LogP contribution in [0.25, 0.3) is 0 Å². The molecular weight excluding hydrogens is 280 g/mol. The van der Waals surface area contributed by atoms with Crippen LogP contribution in [0.4, 0.5) is 11.5 Å². The highest BCUT2D eigenvalue weighted by Gasteiger charge is 2.01. The Kier molecular flexibility index (Phi) is 6.29. The molecule has 96 valence electrons. The average molecular weight is 301 g/mol. The first kappa shape index (κ1) is 14.3. The van der Waals surface area contributed by atoms with Crippen LogP contribution in [0.5, 0.6) is 0 Å². The molecule has 1 aromatic heterocycles. The van der Waals surface area contributed by atoms with E-state index >= 15 is 0 Å². The van der Waals surface area contributed by atoms with Gasteiger partial charge in [-0.25, -0.2) is 4.98 Å². The number of pyridine rings is 1. The molecule has 0 aromatic carbocycles. The summed E-state index contributed by atoms with van der Waals surface area (Å²) in [6.45, 7) is 8.59. The highest BCUT2D eigenvalue weighted by molar-refractivity contribution is 9.10. The molecule has 0 unspecified atom stereocenters. The summed E-state index contributed by atoms with van der Waals surface area (Å²) in [5.41, 5.74) is 6.53. The summed E-state index contributed by atoms with van der Waals surface area (Å²) >= 11 is 3.34. The maximum Gasteiger partial charge on any atom is 0.149 e. The Labute approximate surface area is 112 Å². The first-order chi connectivity index (χ1) is 8.17. The van der Waals surface area contributed by atoms with Crippen LogP contribution in [0.3, 0.4) is 0 Å². The van der Waals surface area contributed by atoms with Crippen molar-refractivity contribution in [3.63, 3.8) is 0 Å². The van der Waals surface area contributed by atoms with Crippen LogP contribution in [0.2, 0.25) is 0 Å². The Morgan fingerprint density at radius 1 is 1.41 bits per heavy atom. The molecule has 4 nitrogen and oxygen atoms in total. The molecule has 0 aliphatic heterocycles. The van der Waals surface area contributed by atoms with Crippen molar-refractivity contribution in [3.8, 4) is 0 Å². The topological polar surface area (TPSA) is 54.2 Å². The van der Waals surface area contributed by atoms with Crippen molar-refractivity contribution in [1.29, 1.82) is 0 Å². The van der Waals surface area contributed by atoms with Gasteiger partial charge in [-0.1, -0.05) is 13.8 Å². The number of rotatable bonds is 7. The van der Waals surface area contributed by atoms with Crippen molar-refractivity contribution in [2.75, 3.05) is 37.2 Å². The van der Waals surface area contributed by atoms with Crippen molar-refractivity contribution in [2.45, 2.75) is 20.3 Å². The average Bonchev–Trinajstić information content (AvgIpc) is 2.32. The molecule has 0 fully saturated rings. The molecule has 0 spiro atoms. The lowest BCUT2D eigenvalue weighted by molar-refractivity contribution is 0.303. The largest absolute Gasteiger partial charge is 0.396 e. The van der Waals surface area contributed by atoms with Gasteiger partial charge in [0.05, 0.1) is 5.69 Å². The quantitative estimate of drug-likeness (QED) is 0.760. The predicted molar refractivity (Wildman–Crippen MR) is 77.2 cm³/mol. The molecule has 0 aliphatic rings. The Morgan fingerprint density at radius 2 is 2.12 bits per heavy atom. The second kappa shape index (κ2) is 7.50. The van der Waals surface area contributed by atoms with Crippen LogP contribution >= 0.6 is 15.9 Å². The van der Waals surface area contributed by atoms with Crippen molar-refractivity contribution < 1.29 is 0 Å². The zero-order valence-corrected chi connectivity index (χ0v) is 12.1. The summed E-state index contributed by atoms with van der Waals surface area (Å²) in [6.07, 6.45) is 2.85. The third-order valence-electron chi connectivity index (χ3n) is 2.72. The van der Waals surface area contributed by atoms with Crippen LogP contribution in [0, 0.1) is 0 Å². The van der Waals surface area contributed by atoms with E-state index in [0.717, 1.165) is 42.9 Å². The van der Waals surface area contributed by atoms with E-state index in [9.17, 15) is 0 Å². The highest BCUT2D eigenvalue weighted by atomic mass is 79.9. The summed E-state index contributed by atoms with van der Waals surface area (Å²) in [7, 11) is 0. The molecule has 0 amide bonds. The van der Waals surface area contributed by atoms with E-state index in [0.29, 0.717) is 5.69 Å². The van der Waals surface area contributed by atoms with E-state index in [-0.39, 0.29) is 0 Å². The summed E-state index contributed by atoms with van der Waals surface area (Å²) in [5.74, 6) is 0.771. The second-order valence-corrected chi connectivity index (χ2v) is 4.81. The standard InChI is InChI=1S/C12H21BrN4/c1-3-17(4-2)7-5-6-15-12-11(14)8-10(13)9-16-12/h8-9H,3-7,14H2,1-2H3,(H,15,16). The van der Waals surface area contributed by atoms with E-state index in [1.807, 2.05) is 6.07 Å². The van der Waals surface area contributed by atoms with Gasteiger partial charge in [0, 0.05) is 17.2 Å². The molecule has 1 rings (SSSR count). The van der Waals surface area contributed by atoms with Crippen LogP contribution in [0.15, 0.2) is 16.7 Å². The van der Waals surface area contributed by atoms with Crippen LogP contribution in [0.1, 0.15) is 20.3 Å². The van der Waals surface area contributed by atoms with Crippen LogP contribution < -0.4 is 11.1 Å². The number of nitrogens with two attached hydrogens (primary N) is 1. The lowest BCUT2D eigenvalue weighted by Crippen LogP contribution is -2.25. The molecule has 0 aliphatic carbocycles. The molecule has 0 atom stereocenters. The molecule has 0 saturated carbocycles. The Balaban J connectivity index is 2.31. The minimum atomic E-state index is 0.683. The Bertz CT molecular complexity index is 339. The molecule has 1 heterocycles. The molecule has 0 saturated heterocycles. The second-order valence-electron chi connectivity index (χ2n) is 3.90. The maximum absolute atomic E-state index is 5.85. The summed E-state index contributed by atoms with van der Waals surface area (Å²) in [4.78, 5) is 6.64. The van der Waals surface area contributed by atoms with Gasteiger partial charge in [-0.3, -0.25) is 0 Å². The predicted octanol–water partition coefficient (Wildman–Crippen LogP) is 2.57. The van der Waals surface area contributed by atoms with E-state index in [1.165, 1.54) is 0 Å². The minimum Gasteiger partial charge on any atom is -0.396 e. The van der Waals surface area contributed by atoms with Gasteiger partial charge in [0.15, 0.2) is 0 Å².